The van der Waals surface area contributed by atoms with Gasteiger partial charge in [-0.3, -0.25) is 9.10 Å². The van der Waals surface area contributed by atoms with Crippen molar-refractivity contribution in [2.24, 2.45) is 5.92 Å². The highest BCUT2D eigenvalue weighted by atomic mass is 32.2. The minimum absolute atomic E-state index is 0.000848. The summed E-state index contributed by atoms with van der Waals surface area (Å²) in [7, 11) is -3.70. The monoisotopic (exact) mass is 423 g/mol. The van der Waals surface area contributed by atoms with Crippen molar-refractivity contribution in [1.82, 2.24) is 9.62 Å². The van der Waals surface area contributed by atoms with Gasteiger partial charge in [-0.15, -0.1) is 0 Å². The van der Waals surface area contributed by atoms with Crippen LogP contribution in [0.5, 0.6) is 5.75 Å². The zero-order valence-electron chi connectivity index (χ0n) is 17.5. The molecule has 3 rings (SSSR count). The Morgan fingerprint density at radius 1 is 1.14 bits per heavy atom. The number of piperidine rings is 1. The number of amides is 1. The Balaban J connectivity index is 1.69. The van der Waals surface area contributed by atoms with Crippen LogP contribution in [0, 0.1) is 5.92 Å². The van der Waals surface area contributed by atoms with Crippen LogP contribution >= 0.6 is 0 Å². The number of nitrogens with zero attached hydrogens (tertiary/aromatic N) is 2. The third-order valence-electron chi connectivity index (χ3n) is 5.78. The van der Waals surface area contributed by atoms with Gasteiger partial charge in [-0.2, -0.15) is 12.7 Å². The molecule has 29 heavy (non-hydrogen) atoms. The van der Waals surface area contributed by atoms with Gasteiger partial charge in [0, 0.05) is 25.7 Å². The summed E-state index contributed by atoms with van der Waals surface area (Å²) in [6.45, 7) is 5.31. The Bertz CT molecular complexity index is 776. The second kappa shape index (κ2) is 9.80. The maximum atomic E-state index is 13.3. The van der Waals surface area contributed by atoms with Gasteiger partial charge < -0.3 is 10.1 Å². The van der Waals surface area contributed by atoms with Gasteiger partial charge in [0.1, 0.15) is 5.75 Å². The molecule has 1 aromatic rings. The van der Waals surface area contributed by atoms with E-state index < -0.39 is 10.2 Å². The molecule has 7 nitrogen and oxygen atoms in total. The highest BCUT2D eigenvalue weighted by Gasteiger charge is 2.36. The number of ether oxygens (including phenoxy) is 1. The summed E-state index contributed by atoms with van der Waals surface area (Å²) in [4.78, 5) is 12.7. The Morgan fingerprint density at radius 2 is 1.83 bits per heavy atom. The van der Waals surface area contributed by atoms with Crippen molar-refractivity contribution in [1.29, 1.82) is 0 Å². The van der Waals surface area contributed by atoms with Gasteiger partial charge in [0.25, 0.3) is 0 Å². The van der Waals surface area contributed by atoms with E-state index in [2.05, 4.69) is 5.32 Å². The molecule has 2 fully saturated rings. The van der Waals surface area contributed by atoms with Gasteiger partial charge in [-0.05, 0) is 63.8 Å². The van der Waals surface area contributed by atoms with Crippen molar-refractivity contribution >= 4 is 21.8 Å². The van der Waals surface area contributed by atoms with Crippen molar-refractivity contribution in [3.8, 4) is 5.75 Å². The molecule has 0 aromatic heterocycles. The maximum Gasteiger partial charge on any atom is 0.304 e. The lowest BCUT2D eigenvalue weighted by atomic mass is 9.98. The van der Waals surface area contributed by atoms with Crippen LogP contribution in [0.3, 0.4) is 0 Å². The molecule has 1 atom stereocenters. The summed E-state index contributed by atoms with van der Waals surface area (Å²) >= 11 is 0. The van der Waals surface area contributed by atoms with Crippen molar-refractivity contribution in [3.63, 3.8) is 0 Å². The molecule has 1 aromatic carbocycles. The smallest absolute Gasteiger partial charge is 0.304 e. The molecule has 1 N–H and O–H groups in total. The molecule has 2 aliphatic rings. The van der Waals surface area contributed by atoms with E-state index >= 15 is 0 Å². The minimum atomic E-state index is -3.70. The lowest BCUT2D eigenvalue weighted by Gasteiger charge is -2.35. The summed E-state index contributed by atoms with van der Waals surface area (Å²) in [5.74, 6) is 0.436. The average molecular weight is 424 g/mol. The third-order valence-corrected chi connectivity index (χ3v) is 7.79. The Kier molecular flexibility index (Phi) is 7.40. The summed E-state index contributed by atoms with van der Waals surface area (Å²) in [5, 5.41) is 3.13. The number of nitrogens with one attached hydrogen (secondary N) is 1. The van der Waals surface area contributed by atoms with Crippen LogP contribution in [0.2, 0.25) is 0 Å². The summed E-state index contributed by atoms with van der Waals surface area (Å²) in [6, 6.07) is 7.35. The van der Waals surface area contributed by atoms with Crippen LogP contribution in [0.4, 0.5) is 5.69 Å². The van der Waals surface area contributed by atoms with E-state index in [1.54, 1.807) is 24.3 Å². The van der Waals surface area contributed by atoms with E-state index in [9.17, 15) is 13.2 Å². The second-order valence-corrected chi connectivity index (χ2v) is 9.64. The number of carbonyl (C=O) groups is 1. The quantitative estimate of drug-likeness (QED) is 0.697. The molecule has 1 saturated carbocycles. The molecule has 1 heterocycles. The van der Waals surface area contributed by atoms with Gasteiger partial charge in [-0.25, -0.2) is 0 Å². The molecule has 1 aliphatic carbocycles. The molecule has 1 aliphatic heterocycles. The molecular formula is C21H33N3O4S. The van der Waals surface area contributed by atoms with Crippen molar-refractivity contribution in [2.75, 3.05) is 30.5 Å². The first-order valence-electron chi connectivity index (χ1n) is 10.8. The van der Waals surface area contributed by atoms with Crippen LogP contribution < -0.4 is 14.4 Å². The zero-order chi connectivity index (χ0) is 20.9. The fraction of sp³-hybridized carbons (Fsp3) is 0.667. The molecule has 0 spiro atoms. The van der Waals surface area contributed by atoms with E-state index in [4.69, 9.17) is 4.74 Å². The van der Waals surface area contributed by atoms with E-state index in [1.807, 2.05) is 13.8 Å². The van der Waals surface area contributed by atoms with Crippen LogP contribution in [0.15, 0.2) is 24.3 Å². The van der Waals surface area contributed by atoms with Crippen LogP contribution in [-0.4, -0.2) is 50.9 Å². The van der Waals surface area contributed by atoms with Gasteiger partial charge in [0.2, 0.25) is 5.91 Å². The predicted molar refractivity (Wildman–Crippen MR) is 114 cm³/mol. The highest BCUT2D eigenvalue weighted by Crippen LogP contribution is 2.27. The topological polar surface area (TPSA) is 79.0 Å². The first kappa shape index (κ1) is 21.9. The molecular weight excluding hydrogens is 390 g/mol. The van der Waals surface area contributed by atoms with Crippen molar-refractivity contribution < 1.29 is 17.9 Å². The summed E-state index contributed by atoms with van der Waals surface area (Å²) in [6.07, 6.45) is 5.81. The number of hydrogen-bond acceptors (Lipinski definition) is 4. The fourth-order valence-electron chi connectivity index (χ4n) is 4.25. The third kappa shape index (κ3) is 5.22. The molecule has 162 valence electrons. The lowest BCUT2D eigenvalue weighted by molar-refractivity contribution is -0.126. The van der Waals surface area contributed by atoms with Gasteiger partial charge >= 0.3 is 10.2 Å². The van der Waals surface area contributed by atoms with Gasteiger partial charge in [0.05, 0.1) is 18.2 Å². The lowest BCUT2D eigenvalue weighted by Crippen LogP contribution is -2.51. The van der Waals surface area contributed by atoms with E-state index in [-0.39, 0.29) is 24.4 Å². The summed E-state index contributed by atoms with van der Waals surface area (Å²) in [5.41, 5.74) is 0.605. The fourth-order valence-corrected chi connectivity index (χ4v) is 5.97. The van der Waals surface area contributed by atoms with Crippen molar-refractivity contribution in [2.45, 2.75) is 58.4 Å². The number of carbonyl (C=O) groups excluding carboxylic acids is 1. The highest BCUT2D eigenvalue weighted by molar-refractivity contribution is 7.90. The molecule has 0 bridgehead atoms. The Morgan fingerprint density at radius 3 is 2.45 bits per heavy atom. The molecule has 1 saturated heterocycles. The Labute approximate surface area is 174 Å². The van der Waals surface area contributed by atoms with Crippen molar-refractivity contribution in [3.05, 3.63) is 24.3 Å². The first-order chi connectivity index (χ1) is 14.0. The minimum Gasteiger partial charge on any atom is -0.494 e. The normalized spacial score (nSPS) is 21.1. The van der Waals surface area contributed by atoms with Crippen LogP contribution in [-0.2, 0) is 15.0 Å². The average Bonchev–Trinajstić information content (AvgIpc) is 3.23. The number of rotatable bonds is 8. The standard InChI is InChI=1S/C21H33N3O4S/c1-3-24(19-11-13-20(14-12-19)28-4-2)29(26,27)23-15-7-8-17(16-23)21(25)22-18-9-5-6-10-18/h11-14,17-18H,3-10,15-16H2,1-2H3,(H,22,25)/t17-/m0/s1. The van der Waals surface area contributed by atoms with E-state index in [0.717, 1.165) is 32.1 Å². The number of benzene rings is 1. The number of hydrogen-bond donors (Lipinski definition) is 1. The molecule has 0 unspecified atom stereocenters. The zero-order valence-corrected chi connectivity index (χ0v) is 18.3. The number of anilines is 1. The van der Waals surface area contributed by atoms with E-state index in [1.165, 1.54) is 8.61 Å². The largest absolute Gasteiger partial charge is 0.494 e. The van der Waals surface area contributed by atoms with E-state index in [0.29, 0.717) is 37.6 Å². The molecule has 0 radical (unpaired) electrons. The predicted octanol–water partition coefficient (Wildman–Crippen LogP) is 2.93. The van der Waals surface area contributed by atoms with Crippen LogP contribution in [0.1, 0.15) is 52.4 Å². The Hall–Kier alpha value is -1.80. The summed E-state index contributed by atoms with van der Waals surface area (Å²) < 4.78 is 35.0. The first-order valence-corrected chi connectivity index (χ1v) is 12.2. The second-order valence-electron chi connectivity index (χ2n) is 7.79. The van der Waals surface area contributed by atoms with Gasteiger partial charge in [-0.1, -0.05) is 12.8 Å². The molecule has 1 amide bonds. The SMILES string of the molecule is CCOc1ccc(N(CC)S(=O)(=O)N2CCC[C@H](C(=O)NC3CCCC3)C2)cc1. The molecule has 8 heteroatoms. The van der Waals surface area contributed by atoms with Crippen LogP contribution in [0.25, 0.3) is 0 Å². The van der Waals surface area contributed by atoms with Gasteiger partial charge in [0.15, 0.2) is 0 Å². The maximum absolute atomic E-state index is 13.3.